The Morgan fingerprint density at radius 2 is 2.20 bits per heavy atom. The number of terminal acetylenes is 1. The molecule has 1 unspecified atom stereocenters. The number of fused-ring (bicyclic) bond motifs is 1. The molecule has 2 atom stereocenters. The molecule has 1 nitrogen and oxygen atoms in total. The van der Waals surface area contributed by atoms with Gasteiger partial charge in [0.2, 0.25) is 0 Å². The first-order chi connectivity index (χ1) is 4.92. The average Bonchev–Trinajstić information content (AvgIpc) is 2.44. The number of nitrogens with zero attached hydrogens (tertiary/aromatic N) is 1. The Morgan fingerprint density at radius 1 is 1.30 bits per heavy atom. The summed E-state index contributed by atoms with van der Waals surface area (Å²) in [4.78, 5) is 2.50. The maximum absolute atomic E-state index is 5.40. The van der Waals surface area contributed by atoms with Gasteiger partial charge in [0.25, 0.3) is 0 Å². The van der Waals surface area contributed by atoms with Crippen LogP contribution in [0.1, 0.15) is 25.7 Å². The molecule has 1 heteroatoms. The SMILES string of the molecule is C#C[C@@H]1CCC2CCCN21. The molecular formula is C9H13N. The molecule has 0 amide bonds. The molecule has 0 aromatic heterocycles. The summed E-state index contributed by atoms with van der Waals surface area (Å²) >= 11 is 0. The quantitative estimate of drug-likeness (QED) is 0.452. The molecule has 0 radical (unpaired) electrons. The third-order valence-electron chi connectivity index (χ3n) is 2.79. The molecule has 0 saturated carbocycles. The Balaban J connectivity index is 2.10. The van der Waals surface area contributed by atoms with Gasteiger partial charge in [0, 0.05) is 6.04 Å². The van der Waals surface area contributed by atoms with Crippen molar-refractivity contribution >= 4 is 0 Å². The smallest absolute Gasteiger partial charge is 0.0714 e. The van der Waals surface area contributed by atoms with Crippen LogP contribution in [0.3, 0.4) is 0 Å². The number of hydrogen-bond acceptors (Lipinski definition) is 1. The molecule has 0 bridgehead atoms. The third-order valence-corrected chi connectivity index (χ3v) is 2.79. The zero-order chi connectivity index (χ0) is 6.97. The number of hydrogen-bond donors (Lipinski definition) is 0. The van der Waals surface area contributed by atoms with E-state index < -0.39 is 0 Å². The summed E-state index contributed by atoms with van der Waals surface area (Å²) in [7, 11) is 0. The Hall–Kier alpha value is -0.480. The van der Waals surface area contributed by atoms with Crippen molar-refractivity contribution in [1.82, 2.24) is 4.90 Å². The van der Waals surface area contributed by atoms with Crippen LogP contribution >= 0.6 is 0 Å². The summed E-state index contributed by atoms with van der Waals surface area (Å²) in [6.07, 6.45) is 10.7. The minimum atomic E-state index is 0.479. The van der Waals surface area contributed by atoms with E-state index in [1.165, 1.54) is 32.2 Å². The van der Waals surface area contributed by atoms with Crippen LogP contribution < -0.4 is 0 Å². The van der Waals surface area contributed by atoms with Gasteiger partial charge in [-0.1, -0.05) is 5.92 Å². The van der Waals surface area contributed by atoms with Gasteiger partial charge in [-0.05, 0) is 32.2 Å². The highest BCUT2D eigenvalue weighted by Crippen LogP contribution is 2.31. The summed E-state index contributed by atoms with van der Waals surface area (Å²) in [5, 5.41) is 0. The molecule has 2 aliphatic heterocycles. The lowest BCUT2D eigenvalue weighted by molar-refractivity contribution is 0.286. The average molecular weight is 135 g/mol. The molecule has 2 fully saturated rings. The van der Waals surface area contributed by atoms with E-state index in [1.807, 2.05) is 0 Å². The Bertz CT molecular complexity index is 168. The van der Waals surface area contributed by atoms with E-state index in [9.17, 15) is 0 Å². The molecule has 0 aliphatic carbocycles. The fourth-order valence-electron chi connectivity index (χ4n) is 2.27. The molecule has 0 spiro atoms. The molecule has 10 heavy (non-hydrogen) atoms. The highest BCUT2D eigenvalue weighted by atomic mass is 15.2. The van der Waals surface area contributed by atoms with Gasteiger partial charge in [0.1, 0.15) is 0 Å². The Morgan fingerprint density at radius 3 is 3.00 bits per heavy atom. The minimum Gasteiger partial charge on any atom is -0.287 e. The predicted molar refractivity (Wildman–Crippen MR) is 41.6 cm³/mol. The van der Waals surface area contributed by atoms with Crippen molar-refractivity contribution in [2.45, 2.75) is 37.8 Å². The van der Waals surface area contributed by atoms with Crippen molar-refractivity contribution in [1.29, 1.82) is 0 Å². The lowest BCUT2D eigenvalue weighted by atomic mass is 10.1. The third kappa shape index (κ3) is 0.759. The van der Waals surface area contributed by atoms with E-state index in [0.29, 0.717) is 6.04 Å². The maximum atomic E-state index is 5.40. The van der Waals surface area contributed by atoms with E-state index in [1.54, 1.807) is 0 Å². The van der Waals surface area contributed by atoms with Gasteiger partial charge in [-0.15, -0.1) is 6.42 Å². The summed E-state index contributed by atoms with van der Waals surface area (Å²) in [6, 6.07) is 1.33. The van der Waals surface area contributed by atoms with Crippen LogP contribution in [0.2, 0.25) is 0 Å². The van der Waals surface area contributed by atoms with Gasteiger partial charge < -0.3 is 0 Å². The number of rotatable bonds is 0. The molecule has 2 heterocycles. The van der Waals surface area contributed by atoms with Crippen molar-refractivity contribution in [2.24, 2.45) is 0 Å². The summed E-state index contributed by atoms with van der Waals surface area (Å²) in [5.74, 6) is 2.86. The van der Waals surface area contributed by atoms with Gasteiger partial charge in [-0.3, -0.25) is 4.90 Å². The van der Waals surface area contributed by atoms with Crippen LogP contribution in [0.25, 0.3) is 0 Å². The lowest BCUT2D eigenvalue weighted by Gasteiger charge is -2.18. The standard InChI is InChI=1S/C9H13N/c1-2-8-5-6-9-4-3-7-10(8)9/h1,8-9H,3-7H2/t8-,9?/m1/s1. The normalized spacial score (nSPS) is 39.5. The second kappa shape index (κ2) is 2.29. The lowest BCUT2D eigenvalue weighted by Crippen LogP contribution is -2.29. The van der Waals surface area contributed by atoms with E-state index in [0.717, 1.165) is 6.04 Å². The van der Waals surface area contributed by atoms with Crippen molar-refractivity contribution < 1.29 is 0 Å². The van der Waals surface area contributed by atoms with Gasteiger partial charge >= 0.3 is 0 Å². The van der Waals surface area contributed by atoms with Crippen LogP contribution in [0.5, 0.6) is 0 Å². The Labute approximate surface area is 62.4 Å². The van der Waals surface area contributed by atoms with Gasteiger partial charge in [0.15, 0.2) is 0 Å². The van der Waals surface area contributed by atoms with Crippen molar-refractivity contribution in [3.8, 4) is 12.3 Å². The van der Waals surface area contributed by atoms with Crippen LogP contribution in [0.4, 0.5) is 0 Å². The fourth-order valence-corrected chi connectivity index (χ4v) is 2.27. The molecule has 0 N–H and O–H groups in total. The molecule has 2 rings (SSSR count). The van der Waals surface area contributed by atoms with Crippen molar-refractivity contribution in [2.75, 3.05) is 6.54 Å². The van der Waals surface area contributed by atoms with Gasteiger partial charge in [-0.25, -0.2) is 0 Å². The highest BCUT2D eigenvalue weighted by Gasteiger charge is 2.35. The monoisotopic (exact) mass is 135 g/mol. The zero-order valence-electron chi connectivity index (χ0n) is 6.21. The molecular weight excluding hydrogens is 122 g/mol. The minimum absolute atomic E-state index is 0.479. The van der Waals surface area contributed by atoms with E-state index in [4.69, 9.17) is 6.42 Å². The molecule has 0 aromatic rings. The summed E-state index contributed by atoms with van der Waals surface area (Å²) < 4.78 is 0. The first kappa shape index (κ1) is 6.24. The summed E-state index contributed by atoms with van der Waals surface area (Å²) in [6.45, 7) is 1.25. The first-order valence-electron chi connectivity index (χ1n) is 4.13. The van der Waals surface area contributed by atoms with E-state index in [2.05, 4.69) is 10.8 Å². The second-order valence-corrected chi connectivity index (χ2v) is 3.29. The Kier molecular flexibility index (Phi) is 1.43. The zero-order valence-corrected chi connectivity index (χ0v) is 6.21. The van der Waals surface area contributed by atoms with Crippen LogP contribution in [0, 0.1) is 12.3 Å². The van der Waals surface area contributed by atoms with Crippen LogP contribution in [-0.4, -0.2) is 23.5 Å². The highest BCUT2D eigenvalue weighted by molar-refractivity contribution is 5.07. The molecule has 54 valence electrons. The molecule has 0 aromatic carbocycles. The second-order valence-electron chi connectivity index (χ2n) is 3.29. The van der Waals surface area contributed by atoms with Gasteiger partial charge in [0.05, 0.1) is 6.04 Å². The topological polar surface area (TPSA) is 3.24 Å². The first-order valence-corrected chi connectivity index (χ1v) is 4.13. The van der Waals surface area contributed by atoms with Crippen LogP contribution in [0.15, 0.2) is 0 Å². The van der Waals surface area contributed by atoms with E-state index >= 15 is 0 Å². The van der Waals surface area contributed by atoms with Crippen LogP contribution in [-0.2, 0) is 0 Å². The molecule has 2 aliphatic rings. The van der Waals surface area contributed by atoms with Gasteiger partial charge in [-0.2, -0.15) is 0 Å². The summed E-state index contributed by atoms with van der Waals surface area (Å²) in [5.41, 5.74) is 0. The fraction of sp³-hybridized carbons (Fsp3) is 0.778. The predicted octanol–water partition coefficient (Wildman–Crippen LogP) is 1.25. The van der Waals surface area contributed by atoms with E-state index in [-0.39, 0.29) is 0 Å². The molecule has 2 saturated heterocycles. The van der Waals surface area contributed by atoms with Crippen molar-refractivity contribution in [3.05, 3.63) is 0 Å². The maximum Gasteiger partial charge on any atom is 0.0714 e. The largest absolute Gasteiger partial charge is 0.287 e. The van der Waals surface area contributed by atoms with Crippen molar-refractivity contribution in [3.63, 3.8) is 0 Å².